The number of carbonyl (C=O) groups is 3. The van der Waals surface area contributed by atoms with Gasteiger partial charge in [-0.1, -0.05) is 13.8 Å². The van der Waals surface area contributed by atoms with Crippen LogP contribution in [0.25, 0.3) is 0 Å². The Morgan fingerprint density at radius 1 is 1.31 bits per heavy atom. The molecule has 0 aromatic rings. The maximum absolute atomic E-state index is 12.6. The number of hydrogen-bond acceptors (Lipinski definition) is 6. The van der Waals surface area contributed by atoms with Crippen LogP contribution in [0.15, 0.2) is 0 Å². The van der Waals surface area contributed by atoms with Crippen molar-refractivity contribution in [3.8, 4) is 0 Å². The molecule has 1 aliphatic heterocycles. The molecule has 0 bridgehead atoms. The van der Waals surface area contributed by atoms with Crippen LogP contribution in [-0.4, -0.2) is 59.5 Å². The maximum Gasteiger partial charge on any atom is 0.475 e. The number of nitrogens with one attached hydrogen (secondary N) is 3. The van der Waals surface area contributed by atoms with Gasteiger partial charge in [-0.2, -0.15) is 0 Å². The number of unbranched alkanes of at least 4 members (excludes halogenated alkanes) is 1. The highest BCUT2D eigenvalue weighted by Crippen LogP contribution is 2.10. The zero-order valence-corrected chi connectivity index (χ0v) is 15.5. The molecule has 3 atom stereocenters. The second-order valence-electron chi connectivity index (χ2n) is 7.16. The normalized spacial score (nSPS) is 19.0. The lowest BCUT2D eigenvalue weighted by molar-refractivity contribution is -0.130. The molecule has 0 radical (unpaired) electrons. The molecule has 10 heteroatoms. The molecular weight excluding hydrogens is 339 g/mol. The Morgan fingerprint density at radius 2 is 2.00 bits per heavy atom. The number of amides is 3. The Labute approximate surface area is 154 Å². The molecule has 1 fully saturated rings. The van der Waals surface area contributed by atoms with E-state index in [4.69, 9.17) is 5.73 Å². The van der Waals surface area contributed by atoms with Gasteiger partial charge in [0.1, 0.15) is 12.1 Å². The van der Waals surface area contributed by atoms with Crippen LogP contribution in [-0.2, 0) is 14.4 Å². The van der Waals surface area contributed by atoms with Crippen LogP contribution in [0.2, 0.25) is 0 Å². The van der Waals surface area contributed by atoms with Crippen molar-refractivity contribution in [2.45, 2.75) is 70.4 Å². The molecule has 0 spiro atoms. The van der Waals surface area contributed by atoms with Crippen molar-refractivity contribution in [3.63, 3.8) is 0 Å². The van der Waals surface area contributed by atoms with Gasteiger partial charge in [0.15, 0.2) is 0 Å². The van der Waals surface area contributed by atoms with Gasteiger partial charge in [-0.05, 0) is 44.6 Å². The monoisotopic (exact) mass is 370 g/mol. The predicted octanol–water partition coefficient (Wildman–Crippen LogP) is -1.58. The van der Waals surface area contributed by atoms with Gasteiger partial charge in [0.05, 0.1) is 5.94 Å². The van der Waals surface area contributed by atoms with Gasteiger partial charge in [0.25, 0.3) is 0 Å². The molecule has 3 amide bonds. The van der Waals surface area contributed by atoms with Crippen LogP contribution in [0.1, 0.15) is 52.4 Å². The van der Waals surface area contributed by atoms with Crippen molar-refractivity contribution >= 4 is 24.8 Å². The first-order valence-corrected chi connectivity index (χ1v) is 9.20. The summed E-state index contributed by atoms with van der Waals surface area (Å²) in [4.78, 5) is 36.2. The molecule has 1 rings (SSSR count). The average Bonchev–Trinajstić information content (AvgIpc) is 2.99. The summed E-state index contributed by atoms with van der Waals surface area (Å²) in [6, 6.07) is -1.46. The summed E-state index contributed by atoms with van der Waals surface area (Å²) in [5.74, 6) is -1.73. The highest BCUT2D eigenvalue weighted by atomic mass is 16.4. The van der Waals surface area contributed by atoms with Gasteiger partial charge in [-0.3, -0.25) is 14.4 Å². The first-order chi connectivity index (χ1) is 12.2. The Balaban J connectivity index is 2.71. The van der Waals surface area contributed by atoms with E-state index in [9.17, 15) is 24.4 Å². The Hall–Kier alpha value is -1.65. The number of nitrogens with two attached hydrogens (primary N) is 1. The van der Waals surface area contributed by atoms with Crippen molar-refractivity contribution in [1.82, 2.24) is 16.0 Å². The van der Waals surface area contributed by atoms with E-state index in [0.29, 0.717) is 38.6 Å². The summed E-state index contributed by atoms with van der Waals surface area (Å²) in [7, 11) is -1.68. The van der Waals surface area contributed by atoms with E-state index in [1.54, 1.807) is 0 Å². The minimum absolute atomic E-state index is 0.154. The summed E-state index contributed by atoms with van der Waals surface area (Å²) in [6.45, 7) is 4.29. The third-order valence-corrected chi connectivity index (χ3v) is 4.30. The average molecular weight is 370 g/mol. The summed E-state index contributed by atoms with van der Waals surface area (Å²) in [6.07, 6.45) is 2.81. The molecule has 1 aliphatic rings. The molecule has 0 aromatic heterocycles. The molecule has 26 heavy (non-hydrogen) atoms. The van der Waals surface area contributed by atoms with Crippen LogP contribution in [0, 0.1) is 5.92 Å². The molecule has 9 nitrogen and oxygen atoms in total. The van der Waals surface area contributed by atoms with E-state index in [0.717, 1.165) is 0 Å². The lowest BCUT2D eigenvalue weighted by atomic mass is 9.75. The lowest BCUT2D eigenvalue weighted by Crippen LogP contribution is -2.56. The number of rotatable bonds is 11. The highest BCUT2D eigenvalue weighted by molar-refractivity contribution is 6.43. The Morgan fingerprint density at radius 3 is 2.50 bits per heavy atom. The molecule has 7 N–H and O–H groups in total. The standard InChI is InChI=1S/C16H31BN4O5/c1-10(2)9-13(17(25)26)21-16(24)11(5-3-4-8-18)20-15(23)12-6-7-14(22)19-12/h10-13,25-26H,3-9,18H2,1-2H3,(H,19,22)(H,20,23)(H,21,24)/t11-,12-,13-/m0/s1. The van der Waals surface area contributed by atoms with E-state index in [1.807, 2.05) is 13.8 Å². The van der Waals surface area contributed by atoms with Crippen molar-refractivity contribution in [2.75, 3.05) is 6.54 Å². The van der Waals surface area contributed by atoms with Crippen molar-refractivity contribution in [2.24, 2.45) is 11.7 Å². The van der Waals surface area contributed by atoms with Crippen LogP contribution in [0.3, 0.4) is 0 Å². The van der Waals surface area contributed by atoms with Gasteiger partial charge in [0.2, 0.25) is 17.7 Å². The number of carbonyl (C=O) groups excluding carboxylic acids is 3. The van der Waals surface area contributed by atoms with Gasteiger partial charge >= 0.3 is 7.12 Å². The molecule has 0 aliphatic carbocycles. The van der Waals surface area contributed by atoms with E-state index in [-0.39, 0.29) is 18.2 Å². The van der Waals surface area contributed by atoms with Gasteiger partial charge < -0.3 is 31.7 Å². The SMILES string of the molecule is CC(C)C[C@H](NC(=O)[C@H](CCCCN)NC(=O)[C@@H]1CCC(=O)N1)B(O)O. The quantitative estimate of drug-likeness (QED) is 0.191. The molecule has 0 aromatic carbocycles. The first-order valence-electron chi connectivity index (χ1n) is 9.20. The second kappa shape index (κ2) is 11.1. The third-order valence-electron chi connectivity index (χ3n) is 4.30. The van der Waals surface area contributed by atoms with Crippen LogP contribution >= 0.6 is 0 Å². The van der Waals surface area contributed by atoms with Crippen LogP contribution in [0.4, 0.5) is 0 Å². The summed E-state index contributed by atoms with van der Waals surface area (Å²) >= 11 is 0. The van der Waals surface area contributed by atoms with E-state index in [1.165, 1.54) is 0 Å². The van der Waals surface area contributed by atoms with Crippen LogP contribution < -0.4 is 21.7 Å². The van der Waals surface area contributed by atoms with Gasteiger partial charge in [0, 0.05) is 6.42 Å². The molecule has 0 saturated carbocycles. The zero-order valence-electron chi connectivity index (χ0n) is 15.5. The molecule has 1 saturated heterocycles. The fourth-order valence-corrected chi connectivity index (χ4v) is 2.89. The smallest absolute Gasteiger partial charge is 0.426 e. The van der Waals surface area contributed by atoms with Crippen molar-refractivity contribution < 1.29 is 24.4 Å². The minimum atomic E-state index is -1.68. The maximum atomic E-state index is 12.6. The largest absolute Gasteiger partial charge is 0.475 e. The number of hydrogen-bond donors (Lipinski definition) is 6. The van der Waals surface area contributed by atoms with E-state index in [2.05, 4.69) is 16.0 Å². The molecule has 148 valence electrons. The Bertz CT molecular complexity index is 489. The summed E-state index contributed by atoms with van der Waals surface area (Å²) in [5.41, 5.74) is 5.48. The Kier molecular flexibility index (Phi) is 9.60. The topological polar surface area (TPSA) is 154 Å². The zero-order chi connectivity index (χ0) is 19.7. The van der Waals surface area contributed by atoms with Crippen molar-refractivity contribution in [3.05, 3.63) is 0 Å². The van der Waals surface area contributed by atoms with Gasteiger partial charge in [-0.25, -0.2) is 0 Å². The second-order valence-corrected chi connectivity index (χ2v) is 7.16. The lowest BCUT2D eigenvalue weighted by Gasteiger charge is -2.25. The van der Waals surface area contributed by atoms with Gasteiger partial charge in [-0.15, -0.1) is 0 Å². The van der Waals surface area contributed by atoms with E-state index < -0.39 is 37.0 Å². The summed E-state index contributed by atoms with van der Waals surface area (Å²) < 4.78 is 0. The predicted molar refractivity (Wildman–Crippen MR) is 97.6 cm³/mol. The van der Waals surface area contributed by atoms with E-state index >= 15 is 0 Å². The minimum Gasteiger partial charge on any atom is -0.426 e. The van der Waals surface area contributed by atoms with Crippen molar-refractivity contribution in [1.29, 1.82) is 0 Å². The third kappa shape index (κ3) is 7.71. The first kappa shape index (κ1) is 22.4. The fourth-order valence-electron chi connectivity index (χ4n) is 2.89. The molecule has 0 unspecified atom stereocenters. The fraction of sp³-hybridized carbons (Fsp3) is 0.812. The summed E-state index contributed by atoms with van der Waals surface area (Å²) in [5, 5.41) is 26.8. The van der Waals surface area contributed by atoms with Crippen LogP contribution in [0.5, 0.6) is 0 Å². The molecular formula is C16H31BN4O5. The molecule has 1 heterocycles. The highest BCUT2D eigenvalue weighted by Gasteiger charge is 2.32.